The predicted octanol–water partition coefficient (Wildman–Crippen LogP) is 3.50. The third-order valence-corrected chi connectivity index (χ3v) is 3.60. The first-order valence-electron chi connectivity index (χ1n) is 7.24. The van der Waals surface area contributed by atoms with Crippen LogP contribution in [0.1, 0.15) is 16.2 Å². The summed E-state index contributed by atoms with van der Waals surface area (Å²) in [7, 11) is 0. The van der Waals surface area contributed by atoms with Gasteiger partial charge in [-0.25, -0.2) is 4.39 Å². The minimum atomic E-state index is -0.501. The van der Waals surface area contributed by atoms with Crippen molar-refractivity contribution < 1.29 is 13.6 Å². The topological polar surface area (TPSA) is 68.0 Å². The summed E-state index contributed by atoms with van der Waals surface area (Å²) in [6.07, 6.45) is 0.372. The van der Waals surface area contributed by atoms with E-state index in [-0.39, 0.29) is 24.1 Å². The molecular weight excluding hydrogens is 333 g/mol. The van der Waals surface area contributed by atoms with Crippen LogP contribution < -0.4 is 5.32 Å². The fraction of sp³-hybridized carbons (Fsp3) is 0.118. The molecule has 0 bridgehead atoms. The minimum Gasteiger partial charge on any atom is -0.412 e. The Labute approximate surface area is 142 Å². The van der Waals surface area contributed by atoms with Gasteiger partial charge in [-0.2, -0.15) is 0 Å². The van der Waals surface area contributed by atoms with E-state index in [1.54, 1.807) is 42.5 Å². The Bertz CT molecular complexity index is 849. The van der Waals surface area contributed by atoms with Gasteiger partial charge in [-0.15, -0.1) is 10.2 Å². The molecule has 5 nitrogen and oxygen atoms in total. The number of carbonyl (C=O) groups is 1. The number of aromatic nitrogens is 2. The van der Waals surface area contributed by atoms with Crippen LogP contribution in [0.2, 0.25) is 5.02 Å². The number of carbonyl (C=O) groups excluding carboxylic acids is 1. The second-order valence-corrected chi connectivity index (χ2v) is 5.45. The SMILES string of the molecule is O=C(NCCc1ccccc1F)c1nnc(-c2ccc(Cl)cc2)o1. The zero-order valence-corrected chi connectivity index (χ0v) is 13.3. The van der Waals surface area contributed by atoms with E-state index < -0.39 is 5.91 Å². The van der Waals surface area contributed by atoms with E-state index in [1.165, 1.54) is 6.07 Å². The van der Waals surface area contributed by atoms with Gasteiger partial charge in [0.05, 0.1) is 0 Å². The van der Waals surface area contributed by atoms with Gasteiger partial charge in [-0.3, -0.25) is 4.79 Å². The van der Waals surface area contributed by atoms with Crippen molar-refractivity contribution in [2.75, 3.05) is 6.54 Å². The zero-order valence-electron chi connectivity index (χ0n) is 12.5. The number of hydrogen-bond donors (Lipinski definition) is 1. The molecule has 0 atom stereocenters. The van der Waals surface area contributed by atoms with Gasteiger partial charge in [0.2, 0.25) is 5.89 Å². The van der Waals surface area contributed by atoms with Gasteiger partial charge >= 0.3 is 11.8 Å². The normalized spacial score (nSPS) is 10.6. The molecule has 1 heterocycles. The molecule has 24 heavy (non-hydrogen) atoms. The average Bonchev–Trinajstić information content (AvgIpc) is 3.07. The van der Waals surface area contributed by atoms with Crippen molar-refractivity contribution in [1.29, 1.82) is 0 Å². The molecule has 0 fully saturated rings. The molecule has 122 valence electrons. The zero-order chi connectivity index (χ0) is 16.9. The molecule has 1 N–H and O–H groups in total. The van der Waals surface area contributed by atoms with Crippen LogP contribution in [0, 0.1) is 5.82 Å². The average molecular weight is 346 g/mol. The van der Waals surface area contributed by atoms with Crippen molar-refractivity contribution in [2.24, 2.45) is 0 Å². The Balaban J connectivity index is 1.60. The molecule has 0 saturated heterocycles. The Morgan fingerprint density at radius 3 is 2.62 bits per heavy atom. The molecule has 1 aromatic heterocycles. The Kier molecular flexibility index (Phi) is 4.86. The van der Waals surface area contributed by atoms with E-state index in [1.807, 2.05) is 0 Å². The van der Waals surface area contributed by atoms with Crippen LogP contribution in [0.15, 0.2) is 52.9 Å². The molecule has 0 radical (unpaired) electrons. The maximum atomic E-state index is 13.5. The molecule has 3 rings (SSSR count). The molecule has 0 aliphatic heterocycles. The van der Waals surface area contributed by atoms with Gasteiger partial charge in [-0.1, -0.05) is 29.8 Å². The monoisotopic (exact) mass is 345 g/mol. The number of nitrogens with one attached hydrogen (secondary N) is 1. The van der Waals surface area contributed by atoms with Gasteiger partial charge in [0.1, 0.15) is 5.82 Å². The maximum absolute atomic E-state index is 13.5. The van der Waals surface area contributed by atoms with Gasteiger partial charge in [0.25, 0.3) is 0 Å². The lowest BCUT2D eigenvalue weighted by molar-refractivity contribution is 0.0920. The van der Waals surface area contributed by atoms with Crippen molar-refractivity contribution in [3.05, 3.63) is 70.8 Å². The quantitative estimate of drug-likeness (QED) is 0.768. The van der Waals surface area contributed by atoms with Crippen molar-refractivity contribution in [2.45, 2.75) is 6.42 Å². The third kappa shape index (κ3) is 3.78. The number of nitrogens with zero attached hydrogens (tertiary/aromatic N) is 2. The fourth-order valence-corrected chi connectivity index (χ4v) is 2.24. The van der Waals surface area contributed by atoms with E-state index in [4.69, 9.17) is 16.0 Å². The predicted molar refractivity (Wildman–Crippen MR) is 87.2 cm³/mol. The lowest BCUT2D eigenvalue weighted by Crippen LogP contribution is -2.26. The molecule has 0 aliphatic rings. The summed E-state index contributed by atoms with van der Waals surface area (Å²) >= 11 is 5.82. The van der Waals surface area contributed by atoms with Crippen molar-refractivity contribution in [1.82, 2.24) is 15.5 Å². The Morgan fingerprint density at radius 2 is 1.88 bits per heavy atom. The molecule has 1 amide bonds. The minimum absolute atomic E-state index is 0.145. The van der Waals surface area contributed by atoms with Crippen LogP contribution in [-0.2, 0) is 6.42 Å². The molecule has 7 heteroatoms. The smallest absolute Gasteiger partial charge is 0.308 e. The molecule has 0 aliphatic carbocycles. The Morgan fingerprint density at radius 1 is 1.12 bits per heavy atom. The highest BCUT2D eigenvalue weighted by Gasteiger charge is 2.15. The van der Waals surface area contributed by atoms with E-state index in [9.17, 15) is 9.18 Å². The first-order valence-corrected chi connectivity index (χ1v) is 7.62. The standard InChI is InChI=1S/C17H13ClFN3O2/c18-13-7-5-12(6-8-13)16-21-22-17(24-16)15(23)20-10-9-11-3-1-2-4-14(11)19/h1-8H,9-10H2,(H,20,23). The number of benzene rings is 2. The molecule has 0 spiro atoms. The summed E-state index contributed by atoms with van der Waals surface area (Å²) in [6, 6.07) is 13.2. The second-order valence-electron chi connectivity index (χ2n) is 5.02. The number of rotatable bonds is 5. The van der Waals surface area contributed by atoms with Crippen molar-refractivity contribution in [3.8, 4) is 11.5 Å². The number of halogens is 2. The van der Waals surface area contributed by atoms with Crippen LogP contribution in [0.25, 0.3) is 11.5 Å². The number of amides is 1. The maximum Gasteiger partial charge on any atom is 0.308 e. The van der Waals surface area contributed by atoms with Crippen LogP contribution in [0.4, 0.5) is 4.39 Å². The van der Waals surface area contributed by atoms with Gasteiger partial charge in [0.15, 0.2) is 0 Å². The van der Waals surface area contributed by atoms with Crippen molar-refractivity contribution in [3.63, 3.8) is 0 Å². The molecular formula is C17H13ClFN3O2. The first-order chi connectivity index (χ1) is 11.6. The second kappa shape index (κ2) is 7.23. The molecule has 0 unspecified atom stereocenters. The summed E-state index contributed by atoms with van der Waals surface area (Å²) in [5.41, 5.74) is 1.20. The van der Waals surface area contributed by atoms with Crippen LogP contribution in [0.5, 0.6) is 0 Å². The summed E-state index contributed by atoms with van der Waals surface area (Å²) in [5, 5.41) is 10.8. The number of hydrogen-bond acceptors (Lipinski definition) is 4. The van der Waals surface area contributed by atoms with E-state index >= 15 is 0 Å². The van der Waals surface area contributed by atoms with E-state index in [2.05, 4.69) is 15.5 Å². The van der Waals surface area contributed by atoms with Gasteiger partial charge in [-0.05, 0) is 42.3 Å². The lowest BCUT2D eigenvalue weighted by Gasteiger charge is -2.03. The van der Waals surface area contributed by atoms with Crippen molar-refractivity contribution >= 4 is 17.5 Å². The summed E-state index contributed by atoms with van der Waals surface area (Å²) in [6.45, 7) is 0.262. The van der Waals surface area contributed by atoms with E-state index in [0.717, 1.165) is 0 Å². The largest absolute Gasteiger partial charge is 0.412 e. The van der Waals surface area contributed by atoms with Crippen LogP contribution >= 0.6 is 11.6 Å². The Hall–Kier alpha value is -2.73. The highest BCUT2D eigenvalue weighted by Crippen LogP contribution is 2.20. The summed E-state index contributed by atoms with van der Waals surface area (Å²) in [5.74, 6) is -0.715. The van der Waals surface area contributed by atoms with E-state index in [0.29, 0.717) is 22.6 Å². The lowest BCUT2D eigenvalue weighted by atomic mass is 10.1. The highest BCUT2D eigenvalue weighted by molar-refractivity contribution is 6.30. The highest BCUT2D eigenvalue weighted by atomic mass is 35.5. The van der Waals surface area contributed by atoms with Gasteiger partial charge in [0, 0.05) is 17.1 Å². The van der Waals surface area contributed by atoms with Crippen LogP contribution in [-0.4, -0.2) is 22.6 Å². The van der Waals surface area contributed by atoms with Crippen LogP contribution in [0.3, 0.4) is 0 Å². The fourth-order valence-electron chi connectivity index (χ4n) is 2.11. The summed E-state index contributed by atoms with van der Waals surface area (Å²) in [4.78, 5) is 12.0. The first kappa shape index (κ1) is 16.1. The summed E-state index contributed by atoms with van der Waals surface area (Å²) < 4.78 is 18.8. The van der Waals surface area contributed by atoms with Gasteiger partial charge < -0.3 is 9.73 Å². The molecule has 2 aromatic carbocycles. The molecule has 3 aromatic rings. The third-order valence-electron chi connectivity index (χ3n) is 3.35. The molecule has 0 saturated carbocycles.